The number of carbonyl (C=O) groups is 1. The first-order chi connectivity index (χ1) is 5.52. The van der Waals surface area contributed by atoms with Crippen LogP contribution in [0.15, 0.2) is 0 Å². The number of hydrogen-bond acceptors (Lipinski definition) is 2. The Labute approximate surface area is 84.5 Å². The number of hydrogen-bond donors (Lipinski definition) is 1. The maximum Gasteiger partial charge on any atom is 0.222 e. The van der Waals surface area contributed by atoms with E-state index < -0.39 is 0 Å². The van der Waals surface area contributed by atoms with Gasteiger partial charge in [-0.25, -0.2) is 0 Å². The molecule has 0 spiro atoms. The van der Waals surface area contributed by atoms with E-state index in [1.807, 2.05) is 6.92 Å². The Balaban J connectivity index is 3.05. The fraction of sp³-hybridized carbons (Fsp3) is 0.429. The molecule has 1 aromatic rings. The molecule has 0 radical (unpaired) electrons. The molecule has 0 aliphatic carbocycles. The van der Waals surface area contributed by atoms with Gasteiger partial charge in [-0.3, -0.25) is 9.48 Å². The highest BCUT2D eigenvalue weighted by Gasteiger charge is 2.10. The van der Waals surface area contributed by atoms with Gasteiger partial charge in [0.05, 0.1) is 9.26 Å². The van der Waals surface area contributed by atoms with Crippen molar-refractivity contribution in [2.45, 2.75) is 13.8 Å². The first kappa shape index (κ1) is 9.50. The number of anilines is 1. The monoisotopic (exact) mass is 279 g/mol. The highest BCUT2D eigenvalue weighted by molar-refractivity contribution is 14.1. The van der Waals surface area contributed by atoms with Crippen LogP contribution < -0.4 is 5.32 Å². The van der Waals surface area contributed by atoms with E-state index in [1.165, 1.54) is 6.92 Å². The smallest absolute Gasteiger partial charge is 0.222 e. The lowest BCUT2D eigenvalue weighted by atomic mass is 10.4. The number of nitrogens with zero attached hydrogens (tertiary/aromatic N) is 2. The minimum atomic E-state index is -0.0732. The molecule has 0 saturated carbocycles. The van der Waals surface area contributed by atoms with Crippen LogP contribution >= 0.6 is 22.6 Å². The zero-order valence-corrected chi connectivity index (χ0v) is 9.34. The minimum Gasteiger partial charge on any atom is -0.310 e. The van der Waals surface area contributed by atoms with Gasteiger partial charge in [0.2, 0.25) is 5.91 Å². The van der Waals surface area contributed by atoms with Crippen molar-refractivity contribution in [3.63, 3.8) is 0 Å². The zero-order chi connectivity index (χ0) is 9.30. The van der Waals surface area contributed by atoms with Gasteiger partial charge in [-0.1, -0.05) is 0 Å². The molecule has 0 aliphatic heterocycles. The highest BCUT2D eigenvalue weighted by Crippen LogP contribution is 2.20. The van der Waals surface area contributed by atoms with E-state index in [9.17, 15) is 4.79 Å². The maximum absolute atomic E-state index is 10.8. The molecule has 1 amide bonds. The summed E-state index contributed by atoms with van der Waals surface area (Å²) in [6.07, 6.45) is 0. The van der Waals surface area contributed by atoms with E-state index in [-0.39, 0.29) is 5.91 Å². The highest BCUT2D eigenvalue weighted by atomic mass is 127. The van der Waals surface area contributed by atoms with Crippen molar-refractivity contribution < 1.29 is 4.79 Å². The summed E-state index contributed by atoms with van der Waals surface area (Å²) in [5.74, 6) is 0.691. The van der Waals surface area contributed by atoms with Crippen LogP contribution in [0.4, 0.5) is 5.82 Å². The van der Waals surface area contributed by atoms with Gasteiger partial charge < -0.3 is 5.32 Å². The SMILES string of the molecule is CC(=O)Nc1c(I)c(C)nn1C. The van der Waals surface area contributed by atoms with Crippen molar-refractivity contribution in [3.05, 3.63) is 9.26 Å². The van der Waals surface area contributed by atoms with Crippen LogP contribution in [0.5, 0.6) is 0 Å². The number of nitrogens with one attached hydrogen (secondary N) is 1. The largest absolute Gasteiger partial charge is 0.310 e. The van der Waals surface area contributed by atoms with Crippen LogP contribution in [-0.4, -0.2) is 15.7 Å². The number of rotatable bonds is 1. The summed E-state index contributed by atoms with van der Waals surface area (Å²) < 4.78 is 2.66. The predicted molar refractivity (Wildman–Crippen MR) is 55.0 cm³/mol. The van der Waals surface area contributed by atoms with E-state index in [0.29, 0.717) is 0 Å². The fourth-order valence-corrected chi connectivity index (χ4v) is 1.53. The molecule has 66 valence electrons. The molecule has 12 heavy (non-hydrogen) atoms. The molecule has 1 N–H and O–H groups in total. The van der Waals surface area contributed by atoms with E-state index in [4.69, 9.17) is 0 Å². The van der Waals surface area contributed by atoms with E-state index in [1.54, 1.807) is 11.7 Å². The second-order valence-corrected chi connectivity index (χ2v) is 3.63. The second-order valence-electron chi connectivity index (χ2n) is 2.55. The summed E-state index contributed by atoms with van der Waals surface area (Å²) in [5.41, 5.74) is 0.932. The van der Waals surface area contributed by atoms with Gasteiger partial charge in [-0.15, -0.1) is 0 Å². The summed E-state index contributed by atoms with van der Waals surface area (Å²) in [6, 6.07) is 0. The van der Waals surface area contributed by atoms with Crippen molar-refractivity contribution in [3.8, 4) is 0 Å². The number of aryl methyl sites for hydroxylation is 2. The predicted octanol–water partition coefficient (Wildman–Crippen LogP) is 1.29. The third kappa shape index (κ3) is 1.77. The Morgan fingerprint density at radius 2 is 2.25 bits per heavy atom. The summed E-state index contributed by atoms with van der Waals surface area (Å²) >= 11 is 2.16. The normalized spacial score (nSPS) is 10.0. The maximum atomic E-state index is 10.8. The van der Waals surface area contributed by atoms with Gasteiger partial charge >= 0.3 is 0 Å². The van der Waals surface area contributed by atoms with Crippen LogP contribution in [0.3, 0.4) is 0 Å². The Kier molecular flexibility index (Phi) is 2.71. The van der Waals surface area contributed by atoms with Gasteiger partial charge in [0, 0.05) is 14.0 Å². The molecule has 1 heterocycles. The van der Waals surface area contributed by atoms with Crippen molar-refractivity contribution in [2.24, 2.45) is 7.05 Å². The summed E-state index contributed by atoms with van der Waals surface area (Å²) in [6.45, 7) is 3.39. The van der Waals surface area contributed by atoms with Crippen molar-refractivity contribution in [2.75, 3.05) is 5.32 Å². The van der Waals surface area contributed by atoms with Crippen LogP contribution in [0.1, 0.15) is 12.6 Å². The number of halogens is 1. The lowest BCUT2D eigenvalue weighted by Crippen LogP contribution is -2.10. The van der Waals surface area contributed by atoms with Crippen molar-refractivity contribution in [1.29, 1.82) is 0 Å². The van der Waals surface area contributed by atoms with Crippen LogP contribution in [-0.2, 0) is 11.8 Å². The first-order valence-corrected chi connectivity index (χ1v) is 4.57. The lowest BCUT2D eigenvalue weighted by molar-refractivity contribution is -0.114. The van der Waals surface area contributed by atoms with Gasteiger partial charge in [-0.05, 0) is 29.5 Å². The standard InChI is InChI=1S/C7H10IN3O/c1-4-6(8)7(9-5(2)12)11(3)10-4/h1-3H3,(H,9,12). The van der Waals surface area contributed by atoms with Gasteiger partial charge in [0.25, 0.3) is 0 Å². The van der Waals surface area contributed by atoms with Gasteiger partial charge in [-0.2, -0.15) is 5.10 Å². The second kappa shape index (κ2) is 3.42. The molecule has 0 atom stereocenters. The summed E-state index contributed by atoms with van der Waals surface area (Å²) in [4.78, 5) is 10.8. The first-order valence-electron chi connectivity index (χ1n) is 3.49. The van der Waals surface area contributed by atoms with E-state index in [2.05, 4.69) is 33.0 Å². The van der Waals surface area contributed by atoms with Crippen LogP contribution in [0.25, 0.3) is 0 Å². The van der Waals surface area contributed by atoms with Crippen LogP contribution in [0.2, 0.25) is 0 Å². The summed E-state index contributed by atoms with van der Waals surface area (Å²) in [7, 11) is 1.81. The average molecular weight is 279 g/mol. The molecule has 0 unspecified atom stereocenters. The average Bonchev–Trinajstić information content (AvgIpc) is 2.16. The van der Waals surface area contributed by atoms with Gasteiger partial charge in [0.15, 0.2) is 0 Å². The van der Waals surface area contributed by atoms with Gasteiger partial charge in [0.1, 0.15) is 5.82 Å². The molecular formula is C7H10IN3O. The Bertz CT molecular complexity index is 319. The third-order valence-corrected chi connectivity index (χ3v) is 2.74. The molecule has 0 aliphatic rings. The zero-order valence-electron chi connectivity index (χ0n) is 7.18. The molecule has 4 nitrogen and oxygen atoms in total. The topological polar surface area (TPSA) is 46.9 Å². The van der Waals surface area contributed by atoms with E-state index >= 15 is 0 Å². The molecule has 1 aromatic heterocycles. The quantitative estimate of drug-likeness (QED) is 0.787. The summed E-state index contributed by atoms with van der Waals surface area (Å²) in [5, 5.41) is 6.87. The van der Waals surface area contributed by atoms with E-state index in [0.717, 1.165) is 15.1 Å². The molecule has 0 aromatic carbocycles. The number of amides is 1. The molecular weight excluding hydrogens is 269 g/mol. The molecule has 0 saturated heterocycles. The van der Waals surface area contributed by atoms with Crippen molar-refractivity contribution >= 4 is 34.3 Å². The Hall–Kier alpha value is -0.590. The molecule has 1 rings (SSSR count). The Morgan fingerprint density at radius 3 is 2.58 bits per heavy atom. The third-order valence-electron chi connectivity index (χ3n) is 1.44. The van der Waals surface area contributed by atoms with Crippen LogP contribution in [0, 0.1) is 10.5 Å². The minimum absolute atomic E-state index is 0.0732. The number of carbonyl (C=O) groups excluding carboxylic acids is 1. The van der Waals surface area contributed by atoms with Crippen molar-refractivity contribution in [1.82, 2.24) is 9.78 Å². The molecule has 0 bridgehead atoms. The lowest BCUT2D eigenvalue weighted by Gasteiger charge is -2.01. The molecule has 0 fully saturated rings. The molecule has 5 heteroatoms. The fourth-order valence-electron chi connectivity index (χ4n) is 0.935. The Morgan fingerprint density at radius 1 is 1.67 bits per heavy atom. The number of aromatic nitrogens is 2.